The average molecular weight is 381 g/mol. The zero-order valence-electron chi connectivity index (χ0n) is 15.5. The van der Waals surface area contributed by atoms with Gasteiger partial charge in [0.2, 0.25) is 0 Å². The van der Waals surface area contributed by atoms with Crippen molar-refractivity contribution >= 4 is 11.8 Å². The maximum atomic E-state index is 13.9. The highest BCUT2D eigenvalue weighted by atomic mass is 19.3. The highest BCUT2D eigenvalue weighted by Gasteiger charge is 2.40. The highest BCUT2D eigenvalue weighted by molar-refractivity contribution is 6.02. The Morgan fingerprint density at radius 2 is 2.11 bits per heavy atom. The fraction of sp³-hybridized carbons (Fsp3) is 0.579. The summed E-state index contributed by atoms with van der Waals surface area (Å²) < 4.78 is 33.4. The molecule has 0 radical (unpaired) electrons. The quantitative estimate of drug-likeness (QED) is 0.726. The highest BCUT2D eigenvalue weighted by Crippen LogP contribution is 2.34. The number of hydrogen-bond acceptors (Lipinski definition) is 4. The van der Waals surface area contributed by atoms with Crippen LogP contribution in [0.5, 0.6) is 5.75 Å². The van der Waals surface area contributed by atoms with Gasteiger partial charge in [0.1, 0.15) is 11.9 Å². The molecule has 1 saturated heterocycles. The fourth-order valence-electron chi connectivity index (χ4n) is 3.63. The average Bonchev–Trinajstić information content (AvgIpc) is 3.01. The zero-order valence-corrected chi connectivity index (χ0v) is 15.5. The lowest BCUT2D eigenvalue weighted by molar-refractivity contribution is -0.0801. The fourth-order valence-corrected chi connectivity index (χ4v) is 3.63. The van der Waals surface area contributed by atoms with Gasteiger partial charge in [0.25, 0.3) is 17.7 Å². The minimum atomic E-state index is -2.70. The van der Waals surface area contributed by atoms with Gasteiger partial charge >= 0.3 is 0 Å². The number of fused-ring (bicyclic) bond motifs is 1. The summed E-state index contributed by atoms with van der Waals surface area (Å²) in [4.78, 5) is 24.6. The van der Waals surface area contributed by atoms with E-state index in [1.165, 1.54) is 13.1 Å². The van der Waals surface area contributed by atoms with E-state index in [1.807, 2.05) is 6.92 Å². The van der Waals surface area contributed by atoms with Crippen molar-refractivity contribution in [3.63, 3.8) is 0 Å². The van der Waals surface area contributed by atoms with E-state index in [1.54, 1.807) is 6.07 Å². The molecular weight excluding hydrogens is 356 g/mol. The number of nitrogens with one attached hydrogen (secondary N) is 3. The van der Waals surface area contributed by atoms with Gasteiger partial charge in [-0.3, -0.25) is 9.59 Å². The van der Waals surface area contributed by atoms with E-state index in [0.29, 0.717) is 29.8 Å². The third-order valence-corrected chi connectivity index (χ3v) is 5.13. The molecule has 3 N–H and O–H groups in total. The number of carbonyl (C=O) groups is 2. The van der Waals surface area contributed by atoms with Crippen LogP contribution in [0.2, 0.25) is 0 Å². The number of benzene rings is 1. The molecule has 27 heavy (non-hydrogen) atoms. The lowest BCUT2D eigenvalue weighted by Gasteiger charge is -2.31. The molecule has 0 aromatic heterocycles. The first kappa shape index (κ1) is 19.5. The predicted molar refractivity (Wildman–Crippen MR) is 96.5 cm³/mol. The van der Waals surface area contributed by atoms with Gasteiger partial charge in [0.15, 0.2) is 0 Å². The van der Waals surface area contributed by atoms with Crippen molar-refractivity contribution < 1.29 is 23.1 Å². The van der Waals surface area contributed by atoms with Gasteiger partial charge in [-0.1, -0.05) is 0 Å². The number of piperidine rings is 1. The van der Waals surface area contributed by atoms with Gasteiger partial charge in [-0.25, -0.2) is 8.78 Å². The van der Waals surface area contributed by atoms with Crippen molar-refractivity contribution in [3.05, 3.63) is 28.8 Å². The molecule has 1 unspecified atom stereocenters. The van der Waals surface area contributed by atoms with Crippen LogP contribution in [0.15, 0.2) is 12.1 Å². The standard InChI is InChI=1S/C19H25F2N3O3/c1-11-7-12-8-13(9-15(16(12)27-11)18(26)22-2)17(25)24-5-3-14-10-23-6-4-19(14,20)21/h8-9,11,14,23H,3-7,10H2,1-2H3,(H,22,26)(H,24,25)/t11?,14-/m1/s1. The molecule has 1 fully saturated rings. The number of ether oxygens (including phenoxy) is 1. The Hall–Kier alpha value is -2.22. The van der Waals surface area contributed by atoms with E-state index < -0.39 is 11.8 Å². The van der Waals surface area contributed by atoms with Crippen molar-refractivity contribution in [2.45, 2.75) is 38.2 Å². The van der Waals surface area contributed by atoms with Crippen LogP contribution < -0.4 is 20.7 Å². The van der Waals surface area contributed by atoms with E-state index >= 15 is 0 Å². The van der Waals surface area contributed by atoms with E-state index in [2.05, 4.69) is 16.0 Å². The van der Waals surface area contributed by atoms with Crippen LogP contribution in [0.3, 0.4) is 0 Å². The van der Waals surface area contributed by atoms with Crippen LogP contribution in [0.25, 0.3) is 0 Å². The molecule has 6 nitrogen and oxygen atoms in total. The summed E-state index contributed by atoms with van der Waals surface area (Å²) in [6.07, 6.45) is 0.562. The van der Waals surface area contributed by atoms with Gasteiger partial charge in [-0.2, -0.15) is 0 Å². The molecule has 2 aliphatic heterocycles. The van der Waals surface area contributed by atoms with Crippen LogP contribution >= 0.6 is 0 Å². The third kappa shape index (κ3) is 4.21. The van der Waals surface area contributed by atoms with Crippen LogP contribution in [-0.2, 0) is 6.42 Å². The van der Waals surface area contributed by atoms with E-state index in [0.717, 1.165) is 5.56 Å². The van der Waals surface area contributed by atoms with Crippen molar-refractivity contribution in [1.82, 2.24) is 16.0 Å². The molecular formula is C19H25F2N3O3. The first-order chi connectivity index (χ1) is 12.8. The molecule has 0 bridgehead atoms. The summed E-state index contributed by atoms with van der Waals surface area (Å²) in [5.41, 5.74) is 1.45. The molecule has 8 heteroatoms. The summed E-state index contributed by atoms with van der Waals surface area (Å²) in [6.45, 7) is 2.61. The van der Waals surface area contributed by atoms with Crippen molar-refractivity contribution in [3.8, 4) is 5.75 Å². The van der Waals surface area contributed by atoms with Gasteiger partial charge < -0.3 is 20.7 Å². The van der Waals surface area contributed by atoms with Crippen molar-refractivity contribution in [2.24, 2.45) is 5.92 Å². The summed E-state index contributed by atoms with van der Waals surface area (Å²) >= 11 is 0. The zero-order chi connectivity index (χ0) is 19.6. The van der Waals surface area contributed by atoms with Crippen LogP contribution in [0.1, 0.15) is 46.0 Å². The summed E-state index contributed by atoms with van der Waals surface area (Å²) in [6, 6.07) is 3.19. The number of amides is 2. The Bertz CT molecular complexity index is 739. The van der Waals surface area contributed by atoms with Crippen LogP contribution in [0, 0.1) is 5.92 Å². The second kappa shape index (κ2) is 7.80. The maximum Gasteiger partial charge on any atom is 0.254 e. The maximum absolute atomic E-state index is 13.9. The molecule has 2 heterocycles. The number of carbonyl (C=O) groups excluding carboxylic acids is 2. The number of alkyl halides is 2. The Morgan fingerprint density at radius 1 is 1.33 bits per heavy atom. The minimum Gasteiger partial charge on any atom is -0.489 e. The van der Waals surface area contributed by atoms with E-state index in [4.69, 9.17) is 4.74 Å². The Labute approximate surface area is 157 Å². The number of hydrogen-bond donors (Lipinski definition) is 3. The second-order valence-electron chi connectivity index (χ2n) is 7.18. The molecule has 1 aromatic carbocycles. The largest absolute Gasteiger partial charge is 0.489 e. The van der Waals surface area contributed by atoms with Crippen molar-refractivity contribution in [1.29, 1.82) is 0 Å². The van der Waals surface area contributed by atoms with Gasteiger partial charge in [0, 0.05) is 51.0 Å². The molecule has 3 rings (SSSR count). The molecule has 2 amide bonds. The summed E-state index contributed by atoms with van der Waals surface area (Å²) in [5, 5.41) is 8.21. The first-order valence-corrected chi connectivity index (χ1v) is 9.24. The minimum absolute atomic E-state index is 0.0669. The molecule has 2 atom stereocenters. The first-order valence-electron chi connectivity index (χ1n) is 9.24. The van der Waals surface area contributed by atoms with Crippen LogP contribution in [0.4, 0.5) is 8.78 Å². The van der Waals surface area contributed by atoms with Crippen molar-refractivity contribution in [2.75, 3.05) is 26.7 Å². The molecule has 0 aliphatic carbocycles. The Balaban J connectivity index is 1.68. The summed E-state index contributed by atoms with van der Waals surface area (Å²) in [7, 11) is 1.51. The lowest BCUT2D eigenvalue weighted by Crippen LogP contribution is -2.45. The number of rotatable bonds is 5. The van der Waals surface area contributed by atoms with Gasteiger partial charge in [-0.15, -0.1) is 0 Å². The Kier molecular flexibility index (Phi) is 5.64. The van der Waals surface area contributed by atoms with Gasteiger partial charge in [0.05, 0.1) is 5.56 Å². The normalized spacial score (nSPS) is 23.3. The smallest absolute Gasteiger partial charge is 0.254 e. The van der Waals surface area contributed by atoms with Crippen LogP contribution in [-0.4, -0.2) is 50.5 Å². The monoisotopic (exact) mass is 381 g/mol. The molecule has 1 aromatic rings. The molecule has 2 aliphatic rings. The van der Waals surface area contributed by atoms with Gasteiger partial charge in [-0.05, 0) is 31.0 Å². The second-order valence-corrected chi connectivity index (χ2v) is 7.18. The SMILES string of the molecule is CNC(=O)c1cc(C(=O)NCC[C@@H]2CNCCC2(F)F)cc2c1OC(C)C2. The molecule has 0 spiro atoms. The van der Waals surface area contributed by atoms with E-state index in [-0.39, 0.29) is 43.8 Å². The number of halogens is 2. The summed E-state index contributed by atoms with van der Waals surface area (Å²) in [5.74, 6) is -3.70. The third-order valence-electron chi connectivity index (χ3n) is 5.13. The molecule has 148 valence electrons. The topological polar surface area (TPSA) is 79.5 Å². The predicted octanol–water partition coefficient (Wildman–Crippen LogP) is 1.73. The molecule has 0 saturated carbocycles. The lowest BCUT2D eigenvalue weighted by atomic mass is 9.92. The van der Waals surface area contributed by atoms with E-state index in [9.17, 15) is 18.4 Å². The Morgan fingerprint density at radius 3 is 2.81 bits per heavy atom.